The van der Waals surface area contributed by atoms with Crippen molar-refractivity contribution in [3.63, 3.8) is 0 Å². The van der Waals surface area contributed by atoms with Crippen molar-refractivity contribution < 1.29 is 27.2 Å². The summed E-state index contributed by atoms with van der Waals surface area (Å²) in [4.78, 5) is 7.72. The van der Waals surface area contributed by atoms with E-state index in [-0.39, 0.29) is 0 Å². The molecule has 8 aromatic rings. The van der Waals surface area contributed by atoms with Gasteiger partial charge in [-0.3, -0.25) is 0 Å². The fraction of sp³-hybridized carbons (Fsp3) is 0.302. The van der Waals surface area contributed by atoms with Gasteiger partial charge in [0.1, 0.15) is 13.1 Å². The van der Waals surface area contributed by atoms with Crippen LogP contribution >= 0.6 is 23.5 Å². The van der Waals surface area contributed by atoms with Gasteiger partial charge in [-0.25, -0.2) is 9.13 Å². The molecule has 10 heteroatoms. The number of benzene rings is 4. The molecule has 0 N–H and O–H groups in total. The molecular weight excluding hydrogens is 933 g/mol. The highest BCUT2D eigenvalue weighted by atomic mass is 32.2. The van der Waals surface area contributed by atoms with Gasteiger partial charge in [-0.1, -0.05) is 84.2 Å². The molecule has 0 fully saturated rings. The highest BCUT2D eigenvalue weighted by molar-refractivity contribution is 8.04. The average molecular weight is 1010 g/mol. The third kappa shape index (κ3) is 12.6. The summed E-state index contributed by atoms with van der Waals surface area (Å²) < 4.78 is 11.6. The molecule has 73 heavy (non-hydrogen) atoms. The van der Waals surface area contributed by atoms with Crippen LogP contribution in [-0.2, 0) is 26.2 Å². The maximum absolute atomic E-state index is 2.52. The van der Waals surface area contributed by atoms with Crippen LogP contribution in [0.4, 0.5) is 11.4 Å². The minimum atomic E-state index is 0.977. The monoisotopic (exact) mass is 1010 g/mol. The molecule has 0 saturated heterocycles. The van der Waals surface area contributed by atoms with Gasteiger partial charge in [-0.2, -0.15) is 9.13 Å². The van der Waals surface area contributed by atoms with Gasteiger partial charge in [0, 0.05) is 90.7 Å². The number of anilines is 2. The number of hydrogen-bond acceptors (Lipinski definition) is 4. The fourth-order valence-electron chi connectivity index (χ4n) is 10.8. The van der Waals surface area contributed by atoms with E-state index in [1.807, 2.05) is 23.5 Å². The van der Waals surface area contributed by atoms with Crippen molar-refractivity contribution in [3.05, 3.63) is 204 Å². The second-order valence-corrected chi connectivity index (χ2v) is 23.3. The second-order valence-electron chi connectivity index (χ2n) is 21.1. The van der Waals surface area contributed by atoms with E-state index in [9.17, 15) is 0 Å². The molecule has 0 aliphatic carbocycles. The van der Waals surface area contributed by atoms with Crippen molar-refractivity contribution in [1.82, 2.24) is 0 Å². The van der Waals surface area contributed by atoms with Crippen LogP contribution in [0.25, 0.3) is 34.0 Å². The van der Waals surface area contributed by atoms with Crippen molar-refractivity contribution in [2.45, 2.75) is 68.1 Å². The number of pyridine rings is 4. The Kier molecular flexibility index (Phi) is 16.0. The smallest absolute Gasteiger partial charge is 0.213 e. The van der Waals surface area contributed by atoms with E-state index >= 15 is 0 Å². The van der Waals surface area contributed by atoms with E-state index in [0.717, 1.165) is 87.0 Å². The largest absolute Gasteiger partial charge is 0.335 e. The van der Waals surface area contributed by atoms with Gasteiger partial charge in [0.15, 0.2) is 50.3 Å². The first-order chi connectivity index (χ1) is 35.7. The molecule has 0 radical (unpaired) electrons. The Balaban J connectivity index is 0.715. The zero-order valence-corrected chi connectivity index (χ0v) is 45.1. The molecule has 0 atom stereocenters. The van der Waals surface area contributed by atoms with Crippen LogP contribution in [0.15, 0.2) is 203 Å². The molecule has 372 valence electrons. The summed E-state index contributed by atoms with van der Waals surface area (Å²) in [5.41, 5.74) is 7.80. The lowest BCUT2D eigenvalue weighted by atomic mass is 10.1. The number of para-hydroxylation sites is 4. The number of quaternary nitrogens is 2. The number of fused-ring (bicyclic) bond motifs is 4. The molecule has 0 amide bonds. The molecule has 6 heterocycles. The maximum atomic E-state index is 2.52. The van der Waals surface area contributed by atoms with Crippen molar-refractivity contribution in [2.24, 2.45) is 0 Å². The number of aromatic nitrogens is 4. The molecule has 4 aromatic heterocycles. The van der Waals surface area contributed by atoms with Crippen molar-refractivity contribution in [2.75, 3.05) is 77.3 Å². The number of rotatable bonds is 22. The van der Waals surface area contributed by atoms with Crippen LogP contribution in [0.1, 0.15) is 43.2 Å². The van der Waals surface area contributed by atoms with Crippen LogP contribution in [0.3, 0.4) is 0 Å². The van der Waals surface area contributed by atoms with Crippen LogP contribution < -0.4 is 28.1 Å². The normalized spacial score (nSPS) is 14.7. The number of nitrogens with zero attached hydrogens (tertiary/aromatic N) is 8. The molecule has 0 unspecified atom stereocenters. The molecule has 0 bridgehead atoms. The molecule has 0 spiro atoms. The summed E-state index contributed by atoms with van der Waals surface area (Å²) >= 11 is 3.79. The Morgan fingerprint density at radius 2 is 0.795 bits per heavy atom. The summed E-state index contributed by atoms with van der Waals surface area (Å²) in [7, 11) is 9.70. The second kappa shape index (κ2) is 23.3. The standard InChI is InChI=1S/C63H74N8S2/c1-70(2,46-21-40-66-44-32-52(54-24-7-9-26-56(54)66)50-62-68(58-28-11-13-30-60(58)72-62)42-19-38-64-34-15-5-16-35-64)48-23-49-71(3,4)47-22-41-67-45-33-53(55-25-8-10-27-57(55)67)51-63-69(59-29-12-14-31-61(59)73-63)43-20-39-65-36-17-6-18-37-65/h5-18,24-37,44-45,50-51H,19-23,38-43,46-49H2,1-4H3/q+6. The van der Waals surface area contributed by atoms with E-state index in [2.05, 4.69) is 251 Å². The van der Waals surface area contributed by atoms with Gasteiger partial charge in [0.2, 0.25) is 11.0 Å². The first-order valence-electron chi connectivity index (χ1n) is 26.5. The first-order valence-corrected chi connectivity index (χ1v) is 28.2. The van der Waals surface area contributed by atoms with Crippen molar-refractivity contribution in [1.29, 1.82) is 0 Å². The molecule has 0 saturated carbocycles. The first kappa shape index (κ1) is 50.2. The Morgan fingerprint density at radius 1 is 0.397 bits per heavy atom. The van der Waals surface area contributed by atoms with Crippen molar-refractivity contribution >= 4 is 68.9 Å². The van der Waals surface area contributed by atoms with E-state index < -0.39 is 0 Å². The predicted octanol–water partition coefficient (Wildman–Crippen LogP) is 11.2. The molecule has 8 nitrogen and oxygen atoms in total. The van der Waals surface area contributed by atoms with Crippen LogP contribution in [-0.4, -0.2) is 76.4 Å². The lowest BCUT2D eigenvalue weighted by molar-refractivity contribution is -0.911. The topological polar surface area (TPSA) is 22.0 Å². The number of hydrogen-bond donors (Lipinski definition) is 0. The minimum Gasteiger partial charge on any atom is -0.335 e. The average Bonchev–Trinajstić information content (AvgIpc) is 3.94. The Labute approximate surface area is 443 Å². The van der Waals surface area contributed by atoms with E-state index in [0.29, 0.717) is 0 Å². The Morgan fingerprint density at radius 3 is 1.25 bits per heavy atom. The predicted molar refractivity (Wildman–Crippen MR) is 304 cm³/mol. The summed E-state index contributed by atoms with van der Waals surface area (Å²) in [6, 6.07) is 52.9. The summed E-state index contributed by atoms with van der Waals surface area (Å²) in [5.74, 6) is 0. The maximum Gasteiger partial charge on any atom is 0.213 e. The Hall–Kier alpha value is -6.30. The van der Waals surface area contributed by atoms with Gasteiger partial charge < -0.3 is 18.8 Å². The zero-order chi connectivity index (χ0) is 50.0. The van der Waals surface area contributed by atoms with Gasteiger partial charge in [0.05, 0.1) is 99.4 Å². The van der Waals surface area contributed by atoms with Crippen molar-refractivity contribution in [3.8, 4) is 0 Å². The van der Waals surface area contributed by atoms with Crippen LogP contribution in [0.2, 0.25) is 0 Å². The molecule has 2 aliphatic heterocycles. The number of thioether (sulfide) groups is 2. The van der Waals surface area contributed by atoms with Gasteiger partial charge >= 0.3 is 0 Å². The molecule has 2 aliphatic rings. The third-order valence-corrected chi connectivity index (χ3v) is 17.0. The molecular formula is C63H74N8S2+6. The quantitative estimate of drug-likeness (QED) is 0.0498. The lowest BCUT2D eigenvalue weighted by Gasteiger charge is -2.33. The van der Waals surface area contributed by atoms with Crippen LogP contribution in [0, 0.1) is 0 Å². The summed E-state index contributed by atoms with van der Waals surface area (Å²) in [5, 5.41) is 5.23. The van der Waals surface area contributed by atoms with Crippen LogP contribution in [0.5, 0.6) is 0 Å². The minimum absolute atomic E-state index is 0.977. The highest BCUT2D eigenvalue weighted by Gasteiger charge is 2.28. The highest BCUT2D eigenvalue weighted by Crippen LogP contribution is 2.48. The summed E-state index contributed by atoms with van der Waals surface area (Å²) in [6.45, 7) is 10.6. The van der Waals surface area contributed by atoms with Gasteiger partial charge in [-0.15, -0.1) is 0 Å². The van der Waals surface area contributed by atoms with Gasteiger partial charge in [0.25, 0.3) is 0 Å². The third-order valence-electron chi connectivity index (χ3n) is 14.8. The molecule has 10 rings (SSSR count). The lowest BCUT2D eigenvalue weighted by Crippen LogP contribution is -2.47. The fourth-order valence-corrected chi connectivity index (χ4v) is 13.1. The van der Waals surface area contributed by atoms with E-state index in [1.54, 1.807) is 0 Å². The Bertz CT molecular complexity index is 2990. The van der Waals surface area contributed by atoms with E-state index in [1.165, 1.54) is 83.7 Å². The van der Waals surface area contributed by atoms with Gasteiger partial charge in [-0.05, 0) is 59.7 Å². The van der Waals surface area contributed by atoms with E-state index in [4.69, 9.17) is 0 Å². The number of aryl methyl sites for hydroxylation is 4. The zero-order valence-electron chi connectivity index (χ0n) is 43.5. The molecule has 4 aromatic carbocycles. The summed E-state index contributed by atoms with van der Waals surface area (Å²) in [6.07, 6.45) is 23.8. The SMILES string of the molecule is C[N+](C)(CCC[n+]1ccc(/C=C2\Sc3ccccc3N2CCC[n+]2ccccc2)c2ccccc21)CCC[N+](C)(C)CCC[n+]1ccc(/C=C2\Sc3ccccc3N2CCC[n+]2ccccc2)c2ccccc21.